The summed E-state index contributed by atoms with van der Waals surface area (Å²) < 4.78 is 3.87. The van der Waals surface area contributed by atoms with Gasteiger partial charge in [0.25, 0.3) is 0 Å². The Kier molecular flexibility index (Phi) is 2.51. The van der Waals surface area contributed by atoms with Gasteiger partial charge in [-0.05, 0) is 48.7 Å². The topological polar surface area (TPSA) is 50.3 Å². The first kappa shape index (κ1) is 12.8. The molecule has 110 valence electrons. The molecule has 2 N–H and O–H groups in total. The molecule has 4 rings (SSSR count). The quantitative estimate of drug-likeness (QED) is 0.560. The first-order valence-electron chi connectivity index (χ1n) is 7.14. The smallest absolute Gasteiger partial charge is 0.203 e. The van der Waals surface area contributed by atoms with E-state index in [1.807, 2.05) is 19.3 Å². The molecule has 22 heavy (non-hydrogen) atoms. The minimum Gasteiger partial charge on any atom is -0.508 e. The minimum absolute atomic E-state index is 0.135. The van der Waals surface area contributed by atoms with Gasteiger partial charge in [0, 0.05) is 29.7 Å². The lowest BCUT2D eigenvalue weighted by Crippen LogP contribution is -1.93. The molecule has 2 heterocycles. The Morgan fingerprint density at radius 3 is 2.50 bits per heavy atom. The predicted molar refractivity (Wildman–Crippen MR) is 87.8 cm³/mol. The number of aryl methyl sites for hydroxylation is 2. The Labute approximate surface area is 127 Å². The summed E-state index contributed by atoms with van der Waals surface area (Å²) in [6, 6.07) is 13.2. The number of phenolic OH excluding ortho intramolecular Hbond substituents is 1. The second-order valence-electron chi connectivity index (χ2n) is 5.68. The molecule has 0 atom stereocenters. The van der Waals surface area contributed by atoms with Crippen molar-refractivity contribution < 1.29 is 10.2 Å². The molecule has 4 heteroatoms. The molecule has 0 aliphatic heterocycles. The zero-order valence-corrected chi connectivity index (χ0v) is 12.4. The van der Waals surface area contributed by atoms with E-state index in [-0.39, 0.29) is 11.6 Å². The third-order valence-corrected chi connectivity index (χ3v) is 4.32. The van der Waals surface area contributed by atoms with Gasteiger partial charge in [0.15, 0.2) is 0 Å². The van der Waals surface area contributed by atoms with Crippen molar-refractivity contribution in [2.24, 2.45) is 7.05 Å². The molecule has 0 saturated heterocycles. The van der Waals surface area contributed by atoms with Gasteiger partial charge in [-0.3, -0.25) is 4.57 Å². The SMILES string of the molecule is Cc1cc2ccc(-n3cc4ccc(O)cc4c3O)cc2n1C. The average Bonchev–Trinajstić information content (AvgIpc) is 2.98. The van der Waals surface area contributed by atoms with Crippen molar-refractivity contribution in [3.8, 4) is 17.3 Å². The van der Waals surface area contributed by atoms with Crippen LogP contribution in [-0.2, 0) is 7.05 Å². The van der Waals surface area contributed by atoms with Crippen molar-refractivity contribution in [2.45, 2.75) is 6.92 Å². The monoisotopic (exact) mass is 292 g/mol. The zero-order valence-electron chi connectivity index (χ0n) is 12.4. The standard InChI is InChI=1S/C18H16N2O2/c1-11-7-12-3-5-14(8-17(12)19(11)2)20-10-13-4-6-15(21)9-16(13)18(20)22/h3-10,21-22H,1-2H3. The maximum atomic E-state index is 10.5. The number of hydrogen-bond donors (Lipinski definition) is 2. The van der Waals surface area contributed by atoms with Gasteiger partial charge in [-0.1, -0.05) is 6.07 Å². The number of benzene rings is 2. The maximum absolute atomic E-state index is 10.5. The van der Waals surface area contributed by atoms with Gasteiger partial charge in [-0.2, -0.15) is 0 Å². The van der Waals surface area contributed by atoms with Gasteiger partial charge in [0.1, 0.15) is 5.75 Å². The number of fused-ring (bicyclic) bond motifs is 2. The second-order valence-corrected chi connectivity index (χ2v) is 5.68. The maximum Gasteiger partial charge on any atom is 0.203 e. The van der Waals surface area contributed by atoms with Crippen LogP contribution in [-0.4, -0.2) is 19.3 Å². The molecule has 2 aromatic heterocycles. The number of rotatable bonds is 1. The molecule has 4 nitrogen and oxygen atoms in total. The second kappa shape index (κ2) is 4.31. The van der Waals surface area contributed by atoms with Crippen molar-refractivity contribution in [2.75, 3.05) is 0 Å². The van der Waals surface area contributed by atoms with Crippen LogP contribution in [0.1, 0.15) is 5.69 Å². The van der Waals surface area contributed by atoms with Crippen LogP contribution in [0.2, 0.25) is 0 Å². The van der Waals surface area contributed by atoms with E-state index >= 15 is 0 Å². The molecule has 0 aliphatic carbocycles. The zero-order chi connectivity index (χ0) is 15.4. The van der Waals surface area contributed by atoms with E-state index in [1.54, 1.807) is 22.8 Å². The van der Waals surface area contributed by atoms with Gasteiger partial charge >= 0.3 is 0 Å². The normalized spacial score (nSPS) is 11.5. The summed E-state index contributed by atoms with van der Waals surface area (Å²) in [5.41, 5.74) is 3.20. The van der Waals surface area contributed by atoms with Crippen LogP contribution in [0.15, 0.2) is 48.7 Å². The molecular weight excluding hydrogens is 276 g/mol. The first-order chi connectivity index (χ1) is 10.5. The van der Waals surface area contributed by atoms with Crippen LogP contribution < -0.4 is 0 Å². The number of phenols is 1. The predicted octanol–water partition coefficient (Wildman–Crippen LogP) is 3.84. The van der Waals surface area contributed by atoms with Crippen molar-refractivity contribution in [1.29, 1.82) is 0 Å². The molecule has 0 bridgehead atoms. The van der Waals surface area contributed by atoms with Crippen LogP contribution in [0.4, 0.5) is 0 Å². The van der Waals surface area contributed by atoms with Crippen LogP contribution >= 0.6 is 0 Å². The largest absolute Gasteiger partial charge is 0.508 e. The van der Waals surface area contributed by atoms with Gasteiger partial charge < -0.3 is 14.8 Å². The molecule has 0 radical (unpaired) electrons. The summed E-state index contributed by atoms with van der Waals surface area (Å²) in [5.74, 6) is 0.283. The summed E-state index contributed by atoms with van der Waals surface area (Å²) in [7, 11) is 2.03. The Hall–Kier alpha value is -2.88. The lowest BCUT2D eigenvalue weighted by atomic mass is 10.2. The molecule has 0 unspecified atom stereocenters. The Morgan fingerprint density at radius 2 is 1.68 bits per heavy atom. The molecule has 4 aromatic rings. The van der Waals surface area contributed by atoms with E-state index in [1.165, 1.54) is 11.1 Å². The summed E-state index contributed by atoms with van der Waals surface area (Å²) in [6.45, 7) is 2.07. The third-order valence-electron chi connectivity index (χ3n) is 4.32. The van der Waals surface area contributed by atoms with Crippen LogP contribution in [0.5, 0.6) is 11.6 Å². The van der Waals surface area contributed by atoms with Crippen molar-refractivity contribution in [1.82, 2.24) is 9.13 Å². The lowest BCUT2D eigenvalue weighted by Gasteiger charge is -2.06. The molecule has 0 saturated carbocycles. The molecule has 2 aromatic carbocycles. The molecule has 0 amide bonds. The number of nitrogens with zero attached hydrogens (tertiary/aromatic N) is 2. The van der Waals surface area contributed by atoms with E-state index in [2.05, 4.69) is 29.7 Å². The van der Waals surface area contributed by atoms with E-state index in [0.717, 1.165) is 16.6 Å². The lowest BCUT2D eigenvalue weighted by molar-refractivity contribution is 0.447. The van der Waals surface area contributed by atoms with Gasteiger partial charge in [0.2, 0.25) is 5.88 Å². The van der Waals surface area contributed by atoms with Crippen LogP contribution in [0.25, 0.3) is 27.4 Å². The fraction of sp³-hybridized carbons (Fsp3) is 0.111. The molecule has 0 spiro atoms. The highest BCUT2D eigenvalue weighted by molar-refractivity contribution is 5.90. The number of aromatic nitrogens is 2. The molecule has 0 aliphatic rings. The summed E-state index contributed by atoms with van der Waals surface area (Å²) in [6.07, 6.45) is 1.88. The van der Waals surface area contributed by atoms with E-state index in [9.17, 15) is 10.2 Å². The Morgan fingerprint density at radius 1 is 0.909 bits per heavy atom. The fourth-order valence-electron chi connectivity index (χ4n) is 2.98. The van der Waals surface area contributed by atoms with Gasteiger partial charge in [0.05, 0.1) is 11.2 Å². The fourth-order valence-corrected chi connectivity index (χ4v) is 2.98. The van der Waals surface area contributed by atoms with Crippen molar-refractivity contribution in [3.05, 3.63) is 54.4 Å². The van der Waals surface area contributed by atoms with Gasteiger partial charge in [-0.15, -0.1) is 0 Å². The van der Waals surface area contributed by atoms with Crippen molar-refractivity contribution >= 4 is 21.7 Å². The summed E-state index contributed by atoms with van der Waals surface area (Å²) in [5, 5.41) is 22.8. The highest BCUT2D eigenvalue weighted by Crippen LogP contribution is 2.33. The Bertz CT molecular complexity index is 1020. The van der Waals surface area contributed by atoms with E-state index in [0.29, 0.717) is 5.39 Å². The molecular formula is C18H16N2O2. The highest BCUT2D eigenvalue weighted by atomic mass is 16.3. The van der Waals surface area contributed by atoms with Crippen LogP contribution in [0.3, 0.4) is 0 Å². The van der Waals surface area contributed by atoms with Crippen molar-refractivity contribution in [3.63, 3.8) is 0 Å². The minimum atomic E-state index is 0.135. The summed E-state index contributed by atoms with van der Waals surface area (Å²) in [4.78, 5) is 0. The highest BCUT2D eigenvalue weighted by Gasteiger charge is 2.12. The van der Waals surface area contributed by atoms with Crippen LogP contribution in [0, 0.1) is 6.92 Å². The Balaban J connectivity index is 1.98. The molecule has 0 fully saturated rings. The number of hydrogen-bond acceptors (Lipinski definition) is 2. The first-order valence-corrected chi connectivity index (χ1v) is 7.14. The third kappa shape index (κ3) is 1.70. The van der Waals surface area contributed by atoms with Gasteiger partial charge in [-0.25, -0.2) is 0 Å². The number of aromatic hydroxyl groups is 2. The van der Waals surface area contributed by atoms with E-state index in [4.69, 9.17) is 0 Å². The average molecular weight is 292 g/mol. The van der Waals surface area contributed by atoms with E-state index < -0.39 is 0 Å². The summed E-state index contributed by atoms with van der Waals surface area (Å²) >= 11 is 0.